The third kappa shape index (κ3) is 10.6. The van der Waals surface area contributed by atoms with Crippen LogP contribution in [0, 0.1) is 26.7 Å². The summed E-state index contributed by atoms with van der Waals surface area (Å²) in [5, 5.41) is 20.6. The molecule has 0 aliphatic carbocycles. The molecule has 0 saturated heterocycles. The summed E-state index contributed by atoms with van der Waals surface area (Å²) in [4.78, 5) is 0. The lowest BCUT2D eigenvalue weighted by Gasteiger charge is -2.11. The maximum Gasteiger partial charge on any atom is 0.220 e. The molecule has 6 heterocycles. The molecule has 18 aromatic rings. The van der Waals surface area contributed by atoms with Crippen molar-refractivity contribution in [3.05, 3.63) is 270 Å². The molecule has 0 amide bonds. The van der Waals surface area contributed by atoms with Crippen LogP contribution in [0.3, 0.4) is 0 Å². The van der Waals surface area contributed by atoms with Gasteiger partial charge in [0.2, 0.25) is 17.1 Å². The maximum absolute atomic E-state index is 8.54. The topological polar surface area (TPSA) is 51.1 Å². The maximum atomic E-state index is 8.54. The van der Waals surface area contributed by atoms with Gasteiger partial charge < -0.3 is 13.3 Å². The van der Waals surface area contributed by atoms with Gasteiger partial charge in [-0.05, 0) is 201 Å². The molecule has 1 atom stereocenters. The smallest absolute Gasteiger partial charge is 0.220 e. The van der Waals surface area contributed by atoms with Gasteiger partial charge in [0.15, 0.2) is 18.6 Å². The van der Waals surface area contributed by atoms with Crippen molar-refractivity contribution in [2.45, 2.75) is 80.4 Å². The number of fused-ring (bicyclic) bond motifs is 15. The molecule has 0 N–H and O–H groups in total. The summed E-state index contributed by atoms with van der Waals surface area (Å²) < 4.78 is 74.8. The van der Waals surface area contributed by atoms with Crippen molar-refractivity contribution in [1.29, 1.82) is 0 Å². The van der Waals surface area contributed by atoms with E-state index in [4.69, 9.17) is 21.5 Å². The summed E-state index contributed by atoms with van der Waals surface area (Å²) in [6, 6.07) is 76.0. The first-order valence-corrected chi connectivity index (χ1v) is 33.7. The number of hydrogen-bond acceptors (Lipinski definition) is 3. The highest BCUT2D eigenvalue weighted by Gasteiger charge is 2.26. The first kappa shape index (κ1) is 54.3. The normalized spacial score (nSPS) is 13.8. The molecule has 1 unspecified atom stereocenters. The Bertz CT molecular complexity index is 6530. The molecule has 12 aromatic carbocycles. The number of aromatic nitrogens is 3. The minimum atomic E-state index is -2.42. The number of nitrogens with zero attached hydrogens (tertiary/aromatic N) is 3. The van der Waals surface area contributed by atoms with Gasteiger partial charge in [-0.1, -0.05) is 151 Å². The third-order valence-electron chi connectivity index (χ3n) is 20.0. The number of rotatable bonds is 7. The second-order valence-corrected chi connectivity index (χ2v) is 27.1. The molecular weight excluding hydrogens is 1180 g/mol. The summed E-state index contributed by atoms with van der Waals surface area (Å²) in [5.41, 5.74) is 18.1. The number of furan rings is 3. The van der Waals surface area contributed by atoms with Crippen LogP contribution in [0.1, 0.15) is 94.9 Å². The quantitative estimate of drug-likeness (QED) is 0.149. The van der Waals surface area contributed by atoms with Crippen molar-refractivity contribution in [2.75, 3.05) is 0 Å². The number of aryl methyl sites for hydroxylation is 6. The summed E-state index contributed by atoms with van der Waals surface area (Å²) in [7, 11) is 6.19. The fourth-order valence-corrected chi connectivity index (χ4v) is 14.9. The molecule has 0 bridgehead atoms. The predicted molar refractivity (Wildman–Crippen MR) is 407 cm³/mol. The van der Waals surface area contributed by atoms with Crippen molar-refractivity contribution in [3.8, 4) is 33.8 Å². The number of pyridine rings is 3. The van der Waals surface area contributed by atoms with Gasteiger partial charge in [-0.2, -0.15) is 0 Å². The van der Waals surface area contributed by atoms with Gasteiger partial charge in [0, 0.05) is 75.4 Å². The summed E-state index contributed by atoms with van der Waals surface area (Å²) >= 11 is 0. The molecule has 18 rings (SSSR count). The Kier molecular flexibility index (Phi) is 13.5. The van der Waals surface area contributed by atoms with E-state index in [1.54, 1.807) is 6.07 Å². The first-order chi connectivity index (χ1) is 49.3. The lowest BCUT2D eigenvalue weighted by molar-refractivity contribution is -0.659. The van der Waals surface area contributed by atoms with Gasteiger partial charge >= 0.3 is 0 Å². The fourth-order valence-electron chi connectivity index (χ4n) is 14.9. The van der Waals surface area contributed by atoms with Gasteiger partial charge in [0.1, 0.15) is 54.6 Å². The van der Waals surface area contributed by atoms with Crippen LogP contribution in [0.2, 0.25) is 0 Å². The Balaban J connectivity index is 0.000000119. The van der Waals surface area contributed by atoms with E-state index < -0.39 is 19.1 Å². The molecule has 0 fully saturated rings. The SMILES string of the molecule is Cc1c(-c2c3ccc(C(C)C)cc3cc[n+]2C)ccc2c1oc1cc3ccccc3cc12.[2H]C([2H])([2H])C([2H])(C)c1ccc2c(-c3ccc4c(oc5cc6ccccc6cc54)c3C)[n+](C)ccc2c1.[2H]C([2H])(c1ccc2c(-c3ccc4c(oc5cc6ccccc6cc54)c3C)[n+](C)ccc2c1)C(C)C. The second-order valence-electron chi connectivity index (χ2n) is 27.1. The molecular formula is C91H80N3O3+3. The van der Waals surface area contributed by atoms with Crippen LogP contribution in [0.4, 0.5) is 0 Å². The van der Waals surface area contributed by atoms with Gasteiger partial charge in [0.25, 0.3) is 0 Å². The zero-order valence-corrected chi connectivity index (χ0v) is 56.7. The molecule has 6 nitrogen and oxygen atoms in total. The number of hydrogen-bond donors (Lipinski definition) is 0. The van der Waals surface area contributed by atoms with Gasteiger partial charge in [0.05, 0.1) is 32.8 Å². The van der Waals surface area contributed by atoms with Crippen LogP contribution < -0.4 is 13.7 Å². The van der Waals surface area contributed by atoms with Crippen LogP contribution in [-0.2, 0) is 27.5 Å². The van der Waals surface area contributed by atoms with Gasteiger partial charge in [-0.15, -0.1) is 0 Å². The molecule has 97 heavy (non-hydrogen) atoms. The van der Waals surface area contributed by atoms with E-state index in [0.29, 0.717) is 11.5 Å². The summed E-state index contributed by atoms with van der Waals surface area (Å²) in [5.74, 6) is -1.28. The average Bonchev–Trinajstić information content (AvgIpc) is 1.69. The Morgan fingerprint density at radius 3 is 1.04 bits per heavy atom. The largest absolute Gasteiger partial charge is 0.456 e. The standard InChI is InChI=1S/C31H28NO.2C30H26NO/c1-19(2)15-21-9-10-26-24(16-21)13-14-32(4)30(26)25-11-12-27-28-17-22-7-5-6-8-23(22)18-29(28)33-31(27)20(25)3;2*1-18(2)20-9-10-25-23(15-20)13-14-31(4)29(25)24-11-12-26-27-16-21-7-5-6-8-22(21)17-28(27)32-30(26)19(24)3/h5-14,16-19H,15H2,1-4H3;2*5-18H,1-4H3/q3*+1/i15D2;1D3,18D;. The summed E-state index contributed by atoms with van der Waals surface area (Å²) in [6.45, 7) is 13.8. The Morgan fingerprint density at radius 2 is 0.680 bits per heavy atom. The molecule has 0 spiro atoms. The highest BCUT2D eigenvalue weighted by Crippen LogP contribution is 2.43. The van der Waals surface area contributed by atoms with Crippen molar-refractivity contribution in [2.24, 2.45) is 27.1 Å². The molecule has 6 aromatic heterocycles. The van der Waals surface area contributed by atoms with Crippen LogP contribution in [0.15, 0.2) is 250 Å². The van der Waals surface area contributed by atoms with E-state index in [9.17, 15) is 0 Å². The van der Waals surface area contributed by atoms with E-state index in [0.717, 1.165) is 121 Å². The minimum absolute atomic E-state index is 0.103. The Morgan fingerprint density at radius 1 is 0.351 bits per heavy atom. The zero-order valence-electron chi connectivity index (χ0n) is 62.7. The molecule has 0 aliphatic heterocycles. The molecule has 0 saturated carbocycles. The van der Waals surface area contributed by atoms with Crippen molar-refractivity contribution in [3.63, 3.8) is 0 Å². The third-order valence-corrected chi connectivity index (χ3v) is 20.0. The van der Waals surface area contributed by atoms with Crippen LogP contribution in [0.25, 0.3) is 164 Å². The van der Waals surface area contributed by atoms with Crippen LogP contribution in [0.5, 0.6) is 0 Å². The molecule has 6 heteroatoms. The predicted octanol–water partition coefficient (Wildman–Crippen LogP) is 23.5. The monoisotopic (exact) mass is 1270 g/mol. The van der Waals surface area contributed by atoms with E-state index in [1.165, 1.54) is 77.8 Å². The molecule has 0 aliphatic rings. The Labute approximate surface area is 574 Å². The van der Waals surface area contributed by atoms with Crippen molar-refractivity contribution < 1.29 is 35.2 Å². The fraction of sp³-hybridized carbons (Fsp3) is 0.176. The average molecular weight is 1270 g/mol. The first-order valence-electron chi connectivity index (χ1n) is 36.7. The van der Waals surface area contributed by atoms with E-state index in [1.807, 2.05) is 69.6 Å². The molecule has 0 radical (unpaired) electrons. The highest BCUT2D eigenvalue weighted by molar-refractivity contribution is 6.15. The lowest BCUT2D eigenvalue weighted by atomic mass is 9.94. The zero-order chi connectivity index (χ0) is 71.9. The summed E-state index contributed by atoms with van der Waals surface area (Å²) in [6.07, 6.45) is 4.82. The van der Waals surface area contributed by atoms with E-state index in [2.05, 4.69) is 245 Å². The number of benzene rings is 12. The van der Waals surface area contributed by atoms with E-state index in [-0.39, 0.29) is 5.92 Å². The van der Waals surface area contributed by atoms with Crippen molar-refractivity contribution >= 4 is 130 Å². The van der Waals surface area contributed by atoms with Gasteiger partial charge in [-0.3, -0.25) is 0 Å². The molecule has 474 valence electrons. The van der Waals surface area contributed by atoms with Crippen LogP contribution >= 0.6 is 0 Å². The Hall–Kier alpha value is -11.0. The lowest BCUT2D eigenvalue weighted by Crippen LogP contribution is -2.30. The minimum Gasteiger partial charge on any atom is -0.456 e. The second kappa shape index (κ2) is 24.1. The van der Waals surface area contributed by atoms with E-state index >= 15 is 0 Å². The van der Waals surface area contributed by atoms with Gasteiger partial charge in [-0.25, -0.2) is 13.7 Å². The highest BCUT2D eigenvalue weighted by atomic mass is 16.3. The van der Waals surface area contributed by atoms with Crippen molar-refractivity contribution in [1.82, 2.24) is 0 Å². The van der Waals surface area contributed by atoms with Crippen LogP contribution in [-0.4, -0.2) is 0 Å².